The first-order valence-corrected chi connectivity index (χ1v) is 13.1. The Balaban J connectivity index is 1.55. The maximum atomic E-state index is 13.8. The van der Waals surface area contributed by atoms with E-state index < -0.39 is 11.3 Å². The number of halogens is 1. The van der Waals surface area contributed by atoms with Crippen LogP contribution >= 0.6 is 23.4 Å². The summed E-state index contributed by atoms with van der Waals surface area (Å²) in [4.78, 5) is 33.6. The van der Waals surface area contributed by atoms with Crippen LogP contribution in [0.4, 0.5) is 11.4 Å². The number of benzene rings is 4. The second-order valence-electron chi connectivity index (χ2n) is 8.52. The molecule has 7 heteroatoms. The normalized spacial score (nSPS) is 16.7. The van der Waals surface area contributed by atoms with Gasteiger partial charge < -0.3 is 5.32 Å². The van der Waals surface area contributed by atoms with Crippen molar-refractivity contribution in [2.24, 2.45) is 4.99 Å². The summed E-state index contributed by atoms with van der Waals surface area (Å²) >= 11 is 7.38. The molecule has 1 atom stereocenters. The van der Waals surface area contributed by atoms with Gasteiger partial charge in [0.1, 0.15) is 5.25 Å². The highest BCUT2D eigenvalue weighted by Crippen LogP contribution is 2.38. The maximum absolute atomic E-state index is 13.8. The lowest BCUT2D eigenvalue weighted by Gasteiger charge is -2.38. The predicted octanol–water partition coefficient (Wildman–Crippen LogP) is 7.09. The summed E-state index contributed by atoms with van der Waals surface area (Å²) < 4.78 is 0. The molecule has 0 radical (unpaired) electrons. The maximum Gasteiger partial charge on any atom is 0.238 e. The van der Waals surface area contributed by atoms with Gasteiger partial charge in [0.05, 0.1) is 11.7 Å². The van der Waals surface area contributed by atoms with E-state index in [1.165, 1.54) is 11.8 Å². The number of hydrogen-bond donors (Lipinski definition) is 1. The first kappa shape index (κ1) is 24.8. The summed E-state index contributed by atoms with van der Waals surface area (Å²) in [5, 5.41) is 3.37. The minimum Gasteiger partial charge on any atom is -0.325 e. The van der Waals surface area contributed by atoms with E-state index in [1.54, 1.807) is 29.2 Å². The molecular weight excluding hydrogens is 502 g/mol. The molecule has 1 N–H and O–H groups in total. The van der Waals surface area contributed by atoms with Gasteiger partial charge in [0.15, 0.2) is 5.17 Å². The number of carbonyl (C=O) groups excluding carboxylic acids is 2. The van der Waals surface area contributed by atoms with E-state index in [0.717, 1.165) is 11.1 Å². The van der Waals surface area contributed by atoms with Crippen molar-refractivity contribution in [2.75, 3.05) is 5.32 Å². The Bertz CT molecular complexity index is 1360. The Morgan fingerprint density at radius 2 is 1.38 bits per heavy atom. The number of amides is 2. The van der Waals surface area contributed by atoms with Gasteiger partial charge in [0.25, 0.3) is 0 Å². The van der Waals surface area contributed by atoms with Gasteiger partial charge in [-0.15, -0.1) is 0 Å². The van der Waals surface area contributed by atoms with Crippen molar-refractivity contribution >= 4 is 51.7 Å². The molecule has 2 amide bonds. The molecule has 1 heterocycles. The molecule has 0 bridgehead atoms. The standard InChI is InChI=1S/C30H24ClN3O2S/c31-23-16-18-25(19-17-23)33-30-34(28(21-10-4-1-5-11-21)22-12-6-2-7-13-22)27(35)20-26(37-30)29(36)32-24-14-8-3-9-15-24/h1-19,26,28H,20H2,(H,32,36). The van der Waals surface area contributed by atoms with Crippen molar-refractivity contribution in [1.82, 2.24) is 4.90 Å². The quantitative estimate of drug-likeness (QED) is 0.292. The van der Waals surface area contributed by atoms with Crippen LogP contribution in [0.25, 0.3) is 0 Å². The Morgan fingerprint density at radius 3 is 1.95 bits per heavy atom. The SMILES string of the molecule is O=C(Nc1ccccc1)C1CC(=O)N(C(c2ccccc2)c2ccccc2)C(=Nc2ccc(Cl)cc2)S1. The number of nitrogens with one attached hydrogen (secondary N) is 1. The molecule has 1 saturated heterocycles. The van der Waals surface area contributed by atoms with Crippen molar-refractivity contribution in [3.63, 3.8) is 0 Å². The number of carbonyl (C=O) groups is 2. The van der Waals surface area contributed by atoms with E-state index in [9.17, 15) is 9.59 Å². The predicted molar refractivity (Wildman–Crippen MR) is 151 cm³/mol. The molecule has 184 valence electrons. The number of rotatable bonds is 6. The molecule has 37 heavy (non-hydrogen) atoms. The topological polar surface area (TPSA) is 61.8 Å². The monoisotopic (exact) mass is 525 g/mol. The van der Waals surface area contributed by atoms with E-state index >= 15 is 0 Å². The fourth-order valence-electron chi connectivity index (χ4n) is 4.20. The minimum absolute atomic E-state index is 0.0547. The third-order valence-corrected chi connectivity index (χ3v) is 7.37. The Kier molecular flexibility index (Phi) is 7.68. The lowest BCUT2D eigenvalue weighted by molar-refractivity contribution is -0.130. The van der Waals surface area contributed by atoms with Crippen molar-refractivity contribution < 1.29 is 9.59 Å². The zero-order valence-corrected chi connectivity index (χ0v) is 21.4. The molecule has 5 rings (SSSR count). The van der Waals surface area contributed by atoms with Gasteiger partial charge in [-0.05, 0) is 47.5 Å². The second-order valence-corrected chi connectivity index (χ2v) is 10.1. The molecule has 4 aromatic carbocycles. The van der Waals surface area contributed by atoms with Crippen LogP contribution in [0.15, 0.2) is 120 Å². The highest BCUT2D eigenvalue weighted by atomic mass is 35.5. The number of nitrogens with zero attached hydrogens (tertiary/aromatic N) is 2. The molecule has 1 aliphatic rings. The average Bonchev–Trinajstić information content (AvgIpc) is 2.93. The van der Waals surface area contributed by atoms with Crippen molar-refractivity contribution in [3.05, 3.63) is 131 Å². The van der Waals surface area contributed by atoms with E-state index in [4.69, 9.17) is 16.6 Å². The number of thioether (sulfide) groups is 1. The van der Waals surface area contributed by atoms with Gasteiger partial charge in [0, 0.05) is 17.1 Å². The molecule has 0 aromatic heterocycles. The Morgan fingerprint density at radius 1 is 0.838 bits per heavy atom. The average molecular weight is 526 g/mol. The van der Waals surface area contributed by atoms with Gasteiger partial charge in [0.2, 0.25) is 11.8 Å². The van der Waals surface area contributed by atoms with Crippen LogP contribution < -0.4 is 5.32 Å². The number of anilines is 1. The van der Waals surface area contributed by atoms with E-state index in [1.807, 2.05) is 91.0 Å². The van der Waals surface area contributed by atoms with Crippen molar-refractivity contribution in [3.8, 4) is 0 Å². The van der Waals surface area contributed by atoms with Crippen LogP contribution in [0, 0.1) is 0 Å². The van der Waals surface area contributed by atoms with Crippen LogP contribution in [0.1, 0.15) is 23.6 Å². The molecule has 1 aliphatic heterocycles. The molecule has 5 nitrogen and oxygen atoms in total. The zero-order valence-electron chi connectivity index (χ0n) is 19.8. The Hall–Kier alpha value is -3.87. The van der Waals surface area contributed by atoms with Gasteiger partial charge in [-0.3, -0.25) is 14.5 Å². The zero-order chi connectivity index (χ0) is 25.6. The van der Waals surface area contributed by atoms with Crippen molar-refractivity contribution in [2.45, 2.75) is 17.7 Å². The molecule has 4 aromatic rings. The van der Waals surface area contributed by atoms with Crippen LogP contribution in [0.2, 0.25) is 5.02 Å². The molecule has 1 unspecified atom stereocenters. The number of para-hydroxylation sites is 1. The number of hydrogen-bond acceptors (Lipinski definition) is 4. The van der Waals surface area contributed by atoms with E-state index in [-0.39, 0.29) is 18.2 Å². The van der Waals surface area contributed by atoms with Crippen LogP contribution in [-0.2, 0) is 9.59 Å². The first-order valence-electron chi connectivity index (χ1n) is 11.9. The van der Waals surface area contributed by atoms with Crippen LogP contribution in [-0.4, -0.2) is 27.1 Å². The fraction of sp³-hybridized carbons (Fsp3) is 0.100. The summed E-state index contributed by atoms with van der Waals surface area (Å²) in [5.41, 5.74) is 3.25. The summed E-state index contributed by atoms with van der Waals surface area (Å²) in [5.74, 6) is -0.402. The third-order valence-electron chi connectivity index (χ3n) is 5.96. The third kappa shape index (κ3) is 5.93. The lowest BCUT2D eigenvalue weighted by atomic mass is 9.97. The largest absolute Gasteiger partial charge is 0.325 e. The van der Waals surface area contributed by atoms with Crippen LogP contribution in [0.3, 0.4) is 0 Å². The van der Waals surface area contributed by atoms with Gasteiger partial charge in [-0.2, -0.15) is 0 Å². The number of aliphatic imine (C=N–C) groups is 1. The van der Waals surface area contributed by atoms with Gasteiger partial charge >= 0.3 is 0 Å². The number of amidine groups is 1. The molecule has 0 aliphatic carbocycles. The molecule has 0 spiro atoms. The smallest absolute Gasteiger partial charge is 0.238 e. The van der Waals surface area contributed by atoms with Crippen molar-refractivity contribution in [1.29, 1.82) is 0 Å². The summed E-state index contributed by atoms with van der Waals surface area (Å²) in [6.45, 7) is 0. The highest BCUT2D eigenvalue weighted by Gasteiger charge is 2.40. The molecule has 1 fully saturated rings. The highest BCUT2D eigenvalue weighted by molar-refractivity contribution is 8.15. The Labute approximate surface area is 225 Å². The second kappa shape index (κ2) is 11.5. The minimum atomic E-state index is -0.623. The van der Waals surface area contributed by atoms with E-state index in [0.29, 0.717) is 21.6 Å². The van der Waals surface area contributed by atoms with E-state index in [2.05, 4.69) is 5.32 Å². The fourth-order valence-corrected chi connectivity index (χ4v) is 5.45. The lowest BCUT2D eigenvalue weighted by Crippen LogP contribution is -2.47. The van der Waals surface area contributed by atoms with Gasteiger partial charge in [-0.25, -0.2) is 4.99 Å². The van der Waals surface area contributed by atoms with Crippen LogP contribution in [0.5, 0.6) is 0 Å². The summed E-state index contributed by atoms with van der Waals surface area (Å²) in [7, 11) is 0. The molecular formula is C30H24ClN3O2S. The summed E-state index contributed by atoms with van der Waals surface area (Å²) in [6.07, 6.45) is 0.0547. The first-order chi connectivity index (χ1) is 18.1. The van der Waals surface area contributed by atoms with Gasteiger partial charge in [-0.1, -0.05) is 102 Å². The molecule has 0 saturated carbocycles. The summed E-state index contributed by atoms with van der Waals surface area (Å²) in [6, 6.07) is 35.7.